The van der Waals surface area contributed by atoms with Crippen molar-refractivity contribution < 1.29 is 14.3 Å². The van der Waals surface area contributed by atoms with Crippen LogP contribution in [0.3, 0.4) is 0 Å². The second kappa shape index (κ2) is 6.85. The van der Waals surface area contributed by atoms with Gasteiger partial charge >= 0.3 is 5.97 Å². The lowest BCUT2D eigenvalue weighted by atomic mass is 10.3. The van der Waals surface area contributed by atoms with Gasteiger partial charge in [-0.25, -0.2) is 4.79 Å². The smallest absolute Gasteiger partial charge is 0.355 e. The maximum absolute atomic E-state index is 11.7. The Morgan fingerprint density at radius 1 is 1.19 bits per heavy atom. The first kappa shape index (κ1) is 15.7. The summed E-state index contributed by atoms with van der Waals surface area (Å²) in [7, 11) is 0. The SMILES string of the molecule is O=C(COC(=O)c1ccc[nH]1)Nc1c(Cl)cc(Cl)cc1Cl. The predicted octanol–water partition coefficient (Wildman–Crippen LogP) is 3.77. The number of carbonyl (C=O) groups is 2. The molecular formula is C13H9Cl3N2O3. The van der Waals surface area contributed by atoms with E-state index in [1.165, 1.54) is 18.2 Å². The van der Waals surface area contributed by atoms with Gasteiger partial charge in [0.2, 0.25) is 0 Å². The molecule has 0 bridgehead atoms. The molecule has 2 aromatic rings. The van der Waals surface area contributed by atoms with E-state index in [-0.39, 0.29) is 21.4 Å². The van der Waals surface area contributed by atoms with E-state index in [2.05, 4.69) is 10.3 Å². The van der Waals surface area contributed by atoms with Crippen LogP contribution in [0.25, 0.3) is 0 Å². The Bertz CT molecular complexity index is 648. The van der Waals surface area contributed by atoms with Gasteiger partial charge in [-0.15, -0.1) is 0 Å². The summed E-state index contributed by atoms with van der Waals surface area (Å²) < 4.78 is 4.83. The van der Waals surface area contributed by atoms with Gasteiger partial charge in [-0.1, -0.05) is 34.8 Å². The number of anilines is 1. The number of halogens is 3. The molecule has 110 valence electrons. The van der Waals surface area contributed by atoms with Gasteiger partial charge in [-0.2, -0.15) is 0 Å². The van der Waals surface area contributed by atoms with Crippen LogP contribution in [0.2, 0.25) is 15.1 Å². The second-order valence-corrected chi connectivity index (χ2v) is 5.20. The third kappa shape index (κ3) is 4.14. The third-order valence-electron chi connectivity index (χ3n) is 2.42. The Morgan fingerprint density at radius 2 is 1.86 bits per heavy atom. The fourth-order valence-electron chi connectivity index (χ4n) is 1.50. The van der Waals surface area contributed by atoms with Crippen molar-refractivity contribution in [2.24, 2.45) is 0 Å². The monoisotopic (exact) mass is 346 g/mol. The average Bonchev–Trinajstić information content (AvgIpc) is 2.94. The maximum Gasteiger partial charge on any atom is 0.355 e. The van der Waals surface area contributed by atoms with Gasteiger partial charge in [0, 0.05) is 11.2 Å². The molecule has 5 nitrogen and oxygen atoms in total. The van der Waals surface area contributed by atoms with E-state index in [0.717, 1.165) is 0 Å². The number of nitrogens with one attached hydrogen (secondary N) is 2. The van der Waals surface area contributed by atoms with Crippen LogP contribution < -0.4 is 5.32 Å². The van der Waals surface area contributed by atoms with Gasteiger partial charge in [-0.05, 0) is 24.3 Å². The summed E-state index contributed by atoms with van der Waals surface area (Å²) in [6.45, 7) is -0.465. The van der Waals surface area contributed by atoms with Gasteiger partial charge in [0.25, 0.3) is 5.91 Å². The number of esters is 1. The topological polar surface area (TPSA) is 71.2 Å². The molecule has 0 saturated heterocycles. The lowest BCUT2D eigenvalue weighted by Gasteiger charge is -2.10. The molecule has 0 aliphatic heterocycles. The van der Waals surface area contributed by atoms with Crippen LogP contribution in [-0.4, -0.2) is 23.5 Å². The highest BCUT2D eigenvalue weighted by atomic mass is 35.5. The normalized spacial score (nSPS) is 10.2. The van der Waals surface area contributed by atoms with Crippen LogP contribution in [0.1, 0.15) is 10.5 Å². The largest absolute Gasteiger partial charge is 0.451 e. The fraction of sp³-hybridized carbons (Fsp3) is 0.0769. The molecule has 8 heteroatoms. The number of ether oxygens (including phenoxy) is 1. The molecule has 0 aliphatic carbocycles. The molecule has 0 spiro atoms. The van der Waals surface area contributed by atoms with Crippen LogP contribution >= 0.6 is 34.8 Å². The molecule has 0 saturated carbocycles. The molecular weight excluding hydrogens is 339 g/mol. The summed E-state index contributed by atoms with van der Waals surface area (Å²) in [5, 5.41) is 3.19. The first-order chi connectivity index (χ1) is 9.97. The number of amides is 1. The first-order valence-electron chi connectivity index (χ1n) is 5.72. The quantitative estimate of drug-likeness (QED) is 0.827. The van der Waals surface area contributed by atoms with Crippen molar-refractivity contribution in [1.29, 1.82) is 0 Å². The van der Waals surface area contributed by atoms with Crippen molar-refractivity contribution in [1.82, 2.24) is 4.98 Å². The van der Waals surface area contributed by atoms with Crippen molar-refractivity contribution in [3.8, 4) is 0 Å². The summed E-state index contributed by atoms with van der Waals surface area (Å²) in [5.74, 6) is -1.20. The molecule has 0 fully saturated rings. The molecule has 0 unspecified atom stereocenters. The highest BCUT2D eigenvalue weighted by molar-refractivity contribution is 6.42. The number of hydrogen-bond donors (Lipinski definition) is 2. The molecule has 0 aliphatic rings. The summed E-state index contributed by atoms with van der Waals surface area (Å²) in [5.41, 5.74) is 0.467. The highest BCUT2D eigenvalue weighted by Crippen LogP contribution is 2.33. The lowest BCUT2D eigenvalue weighted by molar-refractivity contribution is -0.119. The Labute approximate surface area is 135 Å². The van der Waals surface area contributed by atoms with Gasteiger partial charge in [0.05, 0.1) is 15.7 Å². The summed E-state index contributed by atoms with van der Waals surface area (Å²) in [4.78, 5) is 25.9. The maximum atomic E-state index is 11.7. The minimum absolute atomic E-state index is 0.191. The number of aromatic nitrogens is 1. The average molecular weight is 348 g/mol. The van der Waals surface area contributed by atoms with Crippen molar-refractivity contribution >= 4 is 52.4 Å². The molecule has 1 aromatic heterocycles. The Balaban J connectivity index is 1.95. The predicted molar refractivity (Wildman–Crippen MR) is 81.2 cm³/mol. The number of carbonyl (C=O) groups excluding carboxylic acids is 2. The number of rotatable bonds is 4. The van der Waals surface area contributed by atoms with Crippen molar-refractivity contribution in [2.45, 2.75) is 0 Å². The Morgan fingerprint density at radius 3 is 2.43 bits per heavy atom. The van der Waals surface area contributed by atoms with E-state index in [1.807, 2.05) is 0 Å². The van der Waals surface area contributed by atoms with E-state index in [1.54, 1.807) is 12.3 Å². The zero-order valence-corrected chi connectivity index (χ0v) is 12.7. The molecule has 0 radical (unpaired) electrons. The van der Waals surface area contributed by atoms with E-state index in [4.69, 9.17) is 39.5 Å². The first-order valence-corrected chi connectivity index (χ1v) is 6.85. The Hall–Kier alpha value is -1.69. The molecule has 0 atom stereocenters. The van der Waals surface area contributed by atoms with E-state index in [9.17, 15) is 9.59 Å². The van der Waals surface area contributed by atoms with Crippen LogP contribution in [0.15, 0.2) is 30.5 Å². The summed E-state index contributed by atoms with van der Waals surface area (Å²) in [6, 6.07) is 6.06. The van der Waals surface area contributed by atoms with Crippen LogP contribution in [0, 0.1) is 0 Å². The minimum Gasteiger partial charge on any atom is -0.451 e. The number of hydrogen-bond acceptors (Lipinski definition) is 3. The standard InChI is InChI=1S/C13H9Cl3N2O3/c14-7-4-8(15)12(9(16)5-7)18-11(19)6-21-13(20)10-2-1-3-17-10/h1-5,17H,6H2,(H,18,19). The summed E-state index contributed by atoms with van der Waals surface area (Å²) in [6.07, 6.45) is 1.57. The molecule has 1 aromatic carbocycles. The van der Waals surface area contributed by atoms with Gasteiger partial charge in [0.1, 0.15) is 5.69 Å². The van der Waals surface area contributed by atoms with Crippen molar-refractivity contribution in [2.75, 3.05) is 11.9 Å². The van der Waals surface area contributed by atoms with Crippen molar-refractivity contribution in [3.05, 3.63) is 51.2 Å². The minimum atomic E-state index is -0.636. The Kier molecular flexibility index (Phi) is 5.12. The van der Waals surface area contributed by atoms with E-state index < -0.39 is 18.5 Å². The van der Waals surface area contributed by atoms with Gasteiger partial charge in [-0.3, -0.25) is 4.79 Å². The zero-order chi connectivity index (χ0) is 15.4. The van der Waals surface area contributed by atoms with Crippen LogP contribution in [-0.2, 0) is 9.53 Å². The third-order valence-corrected chi connectivity index (χ3v) is 3.24. The molecule has 2 rings (SSSR count). The second-order valence-electron chi connectivity index (χ2n) is 3.95. The molecule has 1 heterocycles. The lowest BCUT2D eigenvalue weighted by Crippen LogP contribution is -2.21. The van der Waals surface area contributed by atoms with Gasteiger partial charge in [0.15, 0.2) is 6.61 Å². The summed E-state index contributed by atoms with van der Waals surface area (Å²) >= 11 is 17.6. The van der Waals surface area contributed by atoms with Crippen LogP contribution in [0.4, 0.5) is 5.69 Å². The van der Waals surface area contributed by atoms with E-state index in [0.29, 0.717) is 5.02 Å². The number of benzene rings is 1. The molecule has 2 N–H and O–H groups in total. The molecule has 21 heavy (non-hydrogen) atoms. The number of aromatic amines is 1. The van der Waals surface area contributed by atoms with E-state index >= 15 is 0 Å². The highest BCUT2D eigenvalue weighted by Gasteiger charge is 2.14. The van der Waals surface area contributed by atoms with Crippen LogP contribution in [0.5, 0.6) is 0 Å². The van der Waals surface area contributed by atoms with Crippen molar-refractivity contribution in [3.63, 3.8) is 0 Å². The fourth-order valence-corrected chi connectivity index (χ4v) is 2.41. The molecule has 1 amide bonds. The number of H-pyrrole nitrogens is 1. The van der Waals surface area contributed by atoms with Gasteiger partial charge < -0.3 is 15.0 Å². The zero-order valence-electron chi connectivity index (χ0n) is 10.5.